The second-order valence-electron chi connectivity index (χ2n) is 6.67. The first-order valence-electron chi connectivity index (χ1n) is 8.02. The number of anilines is 2. The number of halogens is 1. The number of hydrogen-bond acceptors (Lipinski definition) is 7. The van der Waals surface area contributed by atoms with Crippen LogP contribution in [0.1, 0.15) is 38.6 Å². The average molecular weight is 368 g/mol. The van der Waals surface area contributed by atoms with Gasteiger partial charge in [0.15, 0.2) is 5.82 Å². The van der Waals surface area contributed by atoms with Crippen molar-refractivity contribution >= 4 is 40.9 Å². The molecule has 1 aromatic heterocycles. The summed E-state index contributed by atoms with van der Waals surface area (Å²) in [6.45, 7) is 6.04. The predicted octanol–water partition coefficient (Wildman–Crippen LogP) is 3.54. The van der Waals surface area contributed by atoms with Crippen LogP contribution in [-0.2, 0) is 0 Å². The van der Waals surface area contributed by atoms with Gasteiger partial charge in [0, 0.05) is 17.2 Å². The summed E-state index contributed by atoms with van der Waals surface area (Å²) in [5, 5.41) is 16.4. The van der Waals surface area contributed by atoms with Crippen LogP contribution in [0.4, 0.5) is 11.9 Å². The molecule has 0 unspecified atom stereocenters. The summed E-state index contributed by atoms with van der Waals surface area (Å²) < 4.78 is 0. The SMILES string of the molecule is CC1=NN(c2nc(N)nc(/C(C#N)=C/c3ccc(Cl)cc3)n2)C(C)(C)C1. The van der Waals surface area contributed by atoms with Crippen LogP contribution in [0.3, 0.4) is 0 Å². The largest absolute Gasteiger partial charge is 0.368 e. The van der Waals surface area contributed by atoms with Gasteiger partial charge in [0.25, 0.3) is 5.95 Å². The molecule has 132 valence electrons. The average Bonchev–Trinajstić information content (AvgIpc) is 2.86. The van der Waals surface area contributed by atoms with E-state index in [-0.39, 0.29) is 22.9 Å². The molecule has 0 saturated heterocycles. The molecule has 2 heterocycles. The van der Waals surface area contributed by atoms with Crippen molar-refractivity contribution in [3.63, 3.8) is 0 Å². The van der Waals surface area contributed by atoms with Crippen LogP contribution >= 0.6 is 11.6 Å². The van der Waals surface area contributed by atoms with Gasteiger partial charge in [-0.15, -0.1) is 0 Å². The maximum Gasteiger partial charge on any atom is 0.252 e. The molecule has 2 aromatic rings. The first kappa shape index (κ1) is 17.8. The Morgan fingerprint density at radius 3 is 2.54 bits per heavy atom. The van der Waals surface area contributed by atoms with E-state index in [9.17, 15) is 5.26 Å². The van der Waals surface area contributed by atoms with E-state index >= 15 is 0 Å². The Labute approximate surface area is 156 Å². The fourth-order valence-corrected chi connectivity index (χ4v) is 2.95. The Bertz CT molecular complexity index is 939. The second kappa shape index (κ2) is 6.73. The molecular formula is C18H18ClN7. The van der Waals surface area contributed by atoms with Gasteiger partial charge in [-0.2, -0.15) is 25.3 Å². The molecule has 0 spiro atoms. The third kappa shape index (κ3) is 3.65. The first-order valence-corrected chi connectivity index (χ1v) is 8.40. The molecule has 0 amide bonds. The molecular weight excluding hydrogens is 350 g/mol. The van der Waals surface area contributed by atoms with Gasteiger partial charge in [0.1, 0.15) is 6.07 Å². The van der Waals surface area contributed by atoms with Gasteiger partial charge in [-0.3, -0.25) is 0 Å². The third-order valence-electron chi connectivity index (χ3n) is 3.91. The molecule has 0 atom stereocenters. The molecule has 0 saturated carbocycles. The van der Waals surface area contributed by atoms with Crippen LogP contribution in [0.25, 0.3) is 11.6 Å². The van der Waals surface area contributed by atoms with E-state index in [1.54, 1.807) is 23.2 Å². The zero-order chi connectivity index (χ0) is 18.9. The Balaban J connectivity index is 2.04. The fourth-order valence-electron chi connectivity index (χ4n) is 2.83. The van der Waals surface area contributed by atoms with Gasteiger partial charge in [0.2, 0.25) is 5.95 Å². The van der Waals surface area contributed by atoms with E-state index in [0.717, 1.165) is 17.7 Å². The van der Waals surface area contributed by atoms with E-state index in [4.69, 9.17) is 17.3 Å². The van der Waals surface area contributed by atoms with Crippen LogP contribution < -0.4 is 10.7 Å². The third-order valence-corrected chi connectivity index (χ3v) is 4.16. The minimum atomic E-state index is -0.276. The summed E-state index contributed by atoms with van der Waals surface area (Å²) in [4.78, 5) is 12.8. The Hall–Kier alpha value is -2.98. The molecule has 0 fully saturated rings. The molecule has 0 aliphatic carbocycles. The van der Waals surface area contributed by atoms with E-state index in [1.807, 2.05) is 32.9 Å². The van der Waals surface area contributed by atoms with Crippen LogP contribution in [0.15, 0.2) is 29.4 Å². The first-order chi connectivity index (χ1) is 12.3. The van der Waals surface area contributed by atoms with Crippen molar-refractivity contribution in [2.75, 3.05) is 10.7 Å². The number of benzene rings is 1. The standard InChI is InChI=1S/C18H18ClN7/c1-11-9-18(2,3)26(25-11)17-23-15(22-16(21)24-17)13(10-20)8-12-4-6-14(19)7-5-12/h4-8H,9H2,1-3H3,(H2,21,22,23,24)/b13-8+. The predicted molar refractivity (Wildman–Crippen MR) is 103 cm³/mol. The summed E-state index contributed by atoms with van der Waals surface area (Å²) in [7, 11) is 0. The highest BCUT2D eigenvalue weighted by Gasteiger charge is 2.35. The smallest absolute Gasteiger partial charge is 0.252 e. The Kier molecular flexibility index (Phi) is 4.62. The van der Waals surface area contributed by atoms with Gasteiger partial charge >= 0.3 is 0 Å². The van der Waals surface area contributed by atoms with Gasteiger partial charge in [0.05, 0.1) is 11.1 Å². The number of hydrazone groups is 1. The maximum atomic E-state index is 9.56. The zero-order valence-corrected chi connectivity index (χ0v) is 15.5. The number of aromatic nitrogens is 3. The van der Waals surface area contributed by atoms with Crippen molar-refractivity contribution in [3.8, 4) is 6.07 Å². The van der Waals surface area contributed by atoms with Crippen LogP contribution in [0.5, 0.6) is 0 Å². The molecule has 1 aliphatic heterocycles. The van der Waals surface area contributed by atoms with Crippen molar-refractivity contribution in [2.45, 2.75) is 32.7 Å². The minimum absolute atomic E-state index is 0.0396. The van der Waals surface area contributed by atoms with E-state index in [1.165, 1.54) is 0 Å². The monoisotopic (exact) mass is 367 g/mol. The normalized spacial score (nSPS) is 16.3. The minimum Gasteiger partial charge on any atom is -0.368 e. The number of hydrogen-bond donors (Lipinski definition) is 1. The number of nitrogens with zero attached hydrogens (tertiary/aromatic N) is 6. The molecule has 0 radical (unpaired) electrons. The summed E-state index contributed by atoms with van der Waals surface area (Å²) in [6, 6.07) is 9.24. The lowest BCUT2D eigenvalue weighted by atomic mass is 9.99. The quantitative estimate of drug-likeness (QED) is 0.832. The maximum absolute atomic E-state index is 9.56. The van der Waals surface area contributed by atoms with Crippen molar-refractivity contribution in [1.29, 1.82) is 5.26 Å². The highest BCUT2D eigenvalue weighted by Crippen LogP contribution is 2.31. The Morgan fingerprint density at radius 1 is 1.27 bits per heavy atom. The van der Waals surface area contributed by atoms with Gasteiger partial charge in [-0.25, -0.2) is 5.01 Å². The second-order valence-corrected chi connectivity index (χ2v) is 7.11. The zero-order valence-electron chi connectivity index (χ0n) is 14.7. The number of nitriles is 1. The molecule has 8 heteroatoms. The summed E-state index contributed by atoms with van der Waals surface area (Å²) >= 11 is 5.90. The highest BCUT2D eigenvalue weighted by atomic mass is 35.5. The molecule has 1 aromatic carbocycles. The number of nitrogen functional groups attached to an aromatic ring is 1. The molecule has 0 bridgehead atoms. The van der Waals surface area contributed by atoms with E-state index < -0.39 is 0 Å². The van der Waals surface area contributed by atoms with Crippen molar-refractivity contribution in [2.24, 2.45) is 5.10 Å². The molecule has 26 heavy (non-hydrogen) atoms. The van der Waals surface area contributed by atoms with Gasteiger partial charge in [-0.1, -0.05) is 23.7 Å². The van der Waals surface area contributed by atoms with Gasteiger partial charge in [-0.05, 0) is 44.5 Å². The number of nitrogens with two attached hydrogens (primary N) is 1. The summed E-state index contributed by atoms with van der Waals surface area (Å²) in [5.41, 5.74) is 7.65. The lowest BCUT2D eigenvalue weighted by Crippen LogP contribution is -2.37. The fraction of sp³-hybridized carbons (Fsp3) is 0.278. The molecule has 3 rings (SSSR count). The van der Waals surface area contributed by atoms with E-state index in [0.29, 0.717) is 11.0 Å². The van der Waals surface area contributed by atoms with Crippen LogP contribution in [0.2, 0.25) is 5.02 Å². The molecule has 7 nitrogen and oxygen atoms in total. The molecule has 2 N–H and O–H groups in total. The topological polar surface area (TPSA) is 104 Å². The summed E-state index contributed by atoms with van der Waals surface area (Å²) in [6.07, 6.45) is 2.47. The van der Waals surface area contributed by atoms with E-state index in [2.05, 4.69) is 26.1 Å². The van der Waals surface area contributed by atoms with Crippen molar-refractivity contribution in [1.82, 2.24) is 15.0 Å². The lowest BCUT2D eigenvalue weighted by Gasteiger charge is -2.28. The lowest BCUT2D eigenvalue weighted by molar-refractivity contribution is 0.505. The summed E-state index contributed by atoms with van der Waals surface area (Å²) in [5.74, 6) is 0.574. The van der Waals surface area contributed by atoms with Gasteiger partial charge < -0.3 is 5.73 Å². The van der Waals surface area contributed by atoms with Crippen LogP contribution in [-0.4, -0.2) is 26.2 Å². The van der Waals surface area contributed by atoms with Crippen molar-refractivity contribution < 1.29 is 0 Å². The molecule has 1 aliphatic rings. The van der Waals surface area contributed by atoms with Crippen molar-refractivity contribution in [3.05, 3.63) is 40.7 Å². The number of allylic oxidation sites excluding steroid dienone is 1. The number of rotatable bonds is 3. The highest BCUT2D eigenvalue weighted by molar-refractivity contribution is 6.30. The Morgan fingerprint density at radius 2 is 1.96 bits per heavy atom. The van der Waals surface area contributed by atoms with Crippen LogP contribution in [0, 0.1) is 11.3 Å².